The predicted octanol–water partition coefficient (Wildman–Crippen LogP) is 2.47. The molecule has 1 aromatic carbocycles. The molecule has 114 valence electrons. The summed E-state index contributed by atoms with van der Waals surface area (Å²) in [6.07, 6.45) is 0.414. The van der Waals surface area contributed by atoms with Crippen molar-refractivity contribution in [2.75, 3.05) is 10.6 Å². The molecule has 0 unspecified atom stereocenters. The van der Waals surface area contributed by atoms with Gasteiger partial charge in [0.25, 0.3) is 0 Å². The van der Waals surface area contributed by atoms with E-state index >= 15 is 0 Å². The van der Waals surface area contributed by atoms with Gasteiger partial charge in [-0.15, -0.1) is 0 Å². The van der Waals surface area contributed by atoms with Gasteiger partial charge in [-0.3, -0.25) is 14.4 Å². The number of carbonyl (C=O) groups is 3. The summed E-state index contributed by atoms with van der Waals surface area (Å²) in [5.41, 5.74) is 1.17. The predicted molar refractivity (Wildman–Crippen MR) is 80.0 cm³/mol. The van der Waals surface area contributed by atoms with Crippen LogP contribution >= 0.6 is 0 Å². The molecule has 6 heteroatoms. The minimum absolute atomic E-state index is 0.0299. The highest BCUT2D eigenvalue weighted by atomic mass is 16.4. The van der Waals surface area contributed by atoms with E-state index in [1.165, 1.54) is 0 Å². The maximum Gasteiger partial charge on any atom is 0.303 e. The van der Waals surface area contributed by atoms with Crippen molar-refractivity contribution in [3.63, 3.8) is 0 Å². The first-order chi connectivity index (χ1) is 9.88. The van der Waals surface area contributed by atoms with E-state index in [9.17, 15) is 14.4 Å². The van der Waals surface area contributed by atoms with E-state index in [1.807, 2.05) is 0 Å². The first-order valence-electron chi connectivity index (χ1n) is 6.81. The van der Waals surface area contributed by atoms with Crippen molar-refractivity contribution in [1.29, 1.82) is 0 Å². The van der Waals surface area contributed by atoms with Crippen LogP contribution in [0.5, 0.6) is 0 Å². The van der Waals surface area contributed by atoms with Gasteiger partial charge in [0.15, 0.2) is 0 Å². The molecule has 2 amide bonds. The topological polar surface area (TPSA) is 95.5 Å². The average Bonchev–Trinajstić information content (AvgIpc) is 2.38. The van der Waals surface area contributed by atoms with Crippen molar-refractivity contribution in [3.05, 3.63) is 24.3 Å². The Morgan fingerprint density at radius 3 is 2.29 bits per heavy atom. The summed E-state index contributed by atoms with van der Waals surface area (Å²) in [4.78, 5) is 33.6. The second-order valence-electron chi connectivity index (χ2n) is 5.02. The van der Waals surface area contributed by atoms with E-state index in [2.05, 4.69) is 10.6 Å². The number of aliphatic carboxylic acids is 1. The Hall–Kier alpha value is -2.37. The van der Waals surface area contributed by atoms with Crippen LogP contribution in [0, 0.1) is 5.92 Å². The molecule has 0 aromatic heterocycles. The van der Waals surface area contributed by atoms with Crippen molar-refractivity contribution in [1.82, 2.24) is 0 Å². The van der Waals surface area contributed by atoms with E-state index in [4.69, 9.17) is 5.11 Å². The highest BCUT2D eigenvalue weighted by Crippen LogP contribution is 2.16. The Labute approximate surface area is 123 Å². The number of rotatable bonds is 7. The zero-order valence-electron chi connectivity index (χ0n) is 12.2. The smallest absolute Gasteiger partial charge is 0.303 e. The normalized spacial score (nSPS) is 10.2. The number of carboxylic acid groups (broad SMARTS) is 1. The molecule has 0 atom stereocenters. The van der Waals surface area contributed by atoms with Crippen molar-refractivity contribution in [3.8, 4) is 0 Å². The molecule has 0 radical (unpaired) electrons. The third kappa shape index (κ3) is 6.56. The number of carbonyl (C=O) groups excluding carboxylic acids is 2. The molecule has 21 heavy (non-hydrogen) atoms. The van der Waals surface area contributed by atoms with Gasteiger partial charge in [-0.05, 0) is 24.6 Å². The molecule has 6 nitrogen and oxygen atoms in total. The molecule has 1 rings (SSSR count). The Morgan fingerprint density at radius 2 is 1.71 bits per heavy atom. The molecule has 0 fully saturated rings. The van der Waals surface area contributed by atoms with Crippen LogP contribution in [0.4, 0.5) is 11.4 Å². The molecule has 1 aromatic rings. The van der Waals surface area contributed by atoms with Crippen LogP contribution in [0.1, 0.15) is 33.1 Å². The second-order valence-corrected chi connectivity index (χ2v) is 5.02. The van der Waals surface area contributed by atoms with Crippen molar-refractivity contribution >= 4 is 29.2 Å². The number of hydrogen-bond acceptors (Lipinski definition) is 3. The van der Waals surface area contributed by atoms with Gasteiger partial charge < -0.3 is 15.7 Å². The molecule has 0 aliphatic heterocycles. The maximum atomic E-state index is 11.6. The van der Waals surface area contributed by atoms with Gasteiger partial charge in [0.2, 0.25) is 11.8 Å². The van der Waals surface area contributed by atoms with E-state index in [0.29, 0.717) is 17.8 Å². The van der Waals surface area contributed by atoms with Gasteiger partial charge in [-0.2, -0.15) is 0 Å². The molecular formula is C15H20N2O4. The first-order valence-corrected chi connectivity index (χ1v) is 6.81. The van der Waals surface area contributed by atoms with E-state index in [-0.39, 0.29) is 30.6 Å². The number of nitrogens with one attached hydrogen (secondary N) is 2. The molecule has 0 saturated carbocycles. The average molecular weight is 292 g/mol. The number of carboxylic acids is 1. The lowest BCUT2D eigenvalue weighted by Crippen LogP contribution is -2.18. The zero-order chi connectivity index (χ0) is 15.8. The number of hydrogen-bond donors (Lipinski definition) is 3. The monoisotopic (exact) mass is 292 g/mol. The van der Waals surface area contributed by atoms with Gasteiger partial charge in [-0.25, -0.2) is 0 Å². The van der Waals surface area contributed by atoms with Crippen LogP contribution in [0.25, 0.3) is 0 Å². The summed E-state index contributed by atoms with van der Waals surface area (Å²) in [6.45, 7) is 3.59. The Bertz CT molecular complexity index is 526. The van der Waals surface area contributed by atoms with Gasteiger partial charge in [0.1, 0.15) is 0 Å². The molecule has 0 aliphatic rings. The number of amides is 2. The quantitative estimate of drug-likeness (QED) is 0.719. The third-order valence-corrected chi connectivity index (χ3v) is 2.73. The van der Waals surface area contributed by atoms with Gasteiger partial charge in [-0.1, -0.05) is 19.9 Å². The Morgan fingerprint density at radius 1 is 1.10 bits per heavy atom. The van der Waals surface area contributed by atoms with Gasteiger partial charge in [0.05, 0.1) is 0 Å². The molecule has 0 heterocycles. The fourth-order valence-electron chi connectivity index (χ4n) is 1.58. The van der Waals surface area contributed by atoms with Crippen LogP contribution in [0.3, 0.4) is 0 Å². The molecule has 0 spiro atoms. The summed E-state index contributed by atoms with van der Waals surface area (Å²) in [7, 11) is 0. The first kappa shape index (κ1) is 16.7. The third-order valence-electron chi connectivity index (χ3n) is 2.73. The van der Waals surface area contributed by atoms with E-state index < -0.39 is 5.97 Å². The van der Waals surface area contributed by atoms with Gasteiger partial charge >= 0.3 is 5.97 Å². The minimum atomic E-state index is -0.916. The Balaban J connectivity index is 2.54. The molecule has 0 saturated heterocycles. The van der Waals surface area contributed by atoms with Crippen molar-refractivity contribution < 1.29 is 19.5 Å². The van der Waals surface area contributed by atoms with E-state index in [0.717, 1.165) is 0 Å². The van der Waals surface area contributed by atoms with E-state index in [1.54, 1.807) is 38.1 Å². The lowest BCUT2D eigenvalue weighted by Gasteiger charge is -2.10. The lowest BCUT2D eigenvalue weighted by molar-refractivity contribution is -0.137. The van der Waals surface area contributed by atoms with Crippen molar-refractivity contribution in [2.45, 2.75) is 33.1 Å². The Kier molecular flexibility index (Phi) is 6.39. The summed E-state index contributed by atoms with van der Waals surface area (Å²) < 4.78 is 0. The van der Waals surface area contributed by atoms with Crippen LogP contribution in [0.15, 0.2) is 24.3 Å². The lowest BCUT2D eigenvalue weighted by atomic mass is 10.2. The fourth-order valence-corrected chi connectivity index (χ4v) is 1.58. The minimum Gasteiger partial charge on any atom is -0.481 e. The molecule has 0 aliphatic carbocycles. The summed E-state index contributed by atoms with van der Waals surface area (Å²) >= 11 is 0. The van der Waals surface area contributed by atoms with Gasteiger partial charge in [0, 0.05) is 30.1 Å². The summed E-state index contributed by atoms with van der Waals surface area (Å²) in [5.74, 6) is -1.39. The zero-order valence-corrected chi connectivity index (χ0v) is 12.2. The van der Waals surface area contributed by atoms with Crippen LogP contribution in [0.2, 0.25) is 0 Å². The number of benzene rings is 1. The fraction of sp³-hybridized carbons (Fsp3) is 0.400. The molecule has 3 N–H and O–H groups in total. The highest BCUT2D eigenvalue weighted by Gasteiger charge is 2.08. The SMILES string of the molecule is CC(C)C(=O)Nc1cccc(NC(=O)CCCC(=O)O)c1. The van der Waals surface area contributed by atoms with Crippen LogP contribution in [-0.4, -0.2) is 22.9 Å². The second kappa shape index (κ2) is 8.04. The summed E-state index contributed by atoms with van der Waals surface area (Å²) in [6, 6.07) is 6.83. The highest BCUT2D eigenvalue weighted by molar-refractivity contribution is 5.94. The largest absolute Gasteiger partial charge is 0.481 e. The molecule has 0 bridgehead atoms. The number of anilines is 2. The van der Waals surface area contributed by atoms with Crippen LogP contribution in [-0.2, 0) is 14.4 Å². The summed E-state index contributed by atoms with van der Waals surface area (Å²) in [5, 5.41) is 13.9. The standard InChI is InChI=1S/C15H20N2O4/c1-10(2)15(21)17-12-6-3-5-11(9-12)16-13(18)7-4-8-14(19)20/h3,5-6,9-10H,4,7-8H2,1-2H3,(H,16,18)(H,17,21)(H,19,20). The van der Waals surface area contributed by atoms with Crippen molar-refractivity contribution in [2.24, 2.45) is 5.92 Å². The molecular weight excluding hydrogens is 272 g/mol. The maximum absolute atomic E-state index is 11.6. The van der Waals surface area contributed by atoms with Crippen LogP contribution < -0.4 is 10.6 Å².